The van der Waals surface area contributed by atoms with Crippen molar-refractivity contribution in [3.8, 4) is 23.0 Å². The van der Waals surface area contributed by atoms with Crippen molar-refractivity contribution in [1.82, 2.24) is 0 Å². The van der Waals surface area contributed by atoms with E-state index in [0.717, 1.165) is 0 Å². The second-order valence-corrected chi connectivity index (χ2v) is 8.08. The van der Waals surface area contributed by atoms with Gasteiger partial charge in [0.15, 0.2) is 0 Å². The van der Waals surface area contributed by atoms with Crippen molar-refractivity contribution in [3.05, 3.63) is 72.8 Å². The van der Waals surface area contributed by atoms with E-state index in [1.165, 1.54) is 0 Å². The molecule has 0 bridgehead atoms. The lowest BCUT2D eigenvalue weighted by atomic mass is 10.3. The van der Waals surface area contributed by atoms with Crippen LogP contribution in [-0.2, 0) is 19.1 Å². The second-order valence-electron chi connectivity index (χ2n) is 8.08. The molecule has 0 heterocycles. The average molecular weight is 485 g/mol. The lowest BCUT2D eigenvalue weighted by Crippen LogP contribution is -2.35. The summed E-state index contributed by atoms with van der Waals surface area (Å²) in [6, 6.07) is 14.1. The summed E-state index contributed by atoms with van der Waals surface area (Å²) in [5.74, 6) is 0.602. The minimum atomic E-state index is -0.946. The molecule has 188 valence electrons. The van der Waals surface area contributed by atoms with E-state index in [1.807, 2.05) is 0 Å². The molecule has 0 N–H and O–H groups in total. The molecule has 2 aromatic carbocycles. The number of rotatable bonds is 14. The molecule has 0 fully saturated rings. The first-order valence-electron chi connectivity index (χ1n) is 11.0. The van der Waals surface area contributed by atoms with Crippen LogP contribution >= 0.6 is 0 Å². The Bertz CT molecular complexity index is 925. The highest BCUT2D eigenvalue weighted by Crippen LogP contribution is 2.26. The van der Waals surface area contributed by atoms with E-state index in [-0.39, 0.29) is 26.4 Å². The molecule has 0 aliphatic heterocycles. The number of ether oxygens (including phenoxy) is 6. The van der Waals surface area contributed by atoms with E-state index in [0.29, 0.717) is 34.1 Å². The summed E-state index contributed by atoms with van der Waals surface area (Å²) >= 11 is 0. The Labute approximate surface area is 206 Å². The molecule has 35 heavy (non-hydrogen) atoms. The molecule has 0 aliphatic carbocycles. The molecular formula is C27H32O8. The van der Waals surface area contributed by atoms with Crippen molar-refractivity contribution in [3.63, 3.8) is 0 Å². The van der Waals surface area contributed by atoms with Crippen LogP contribution in [0.25, 0.3) is 0 Å². The van der Waals surface area contributed by atoms with Crippen molar-refractivity contribution in [2.45, 2.75) is 33.5 Å². The molecule has 0 aromatic heterocycles. The highest BCUT2D eigenvalue weighted by Gasteiger charge is 2.22. The van der Waals surface area contributed by atoms with E-state index >= 15 is 0 Å². The Morgan fingerprint density at radius 3 is 1.26 bits per heavy atom. The molecule has 0 aliphatic rings. The highest BCUT2D eigenvalue weighted by atomic mass is 16.7. The quantitative estimate of drug-likeness (QED) is 0.162. The topological polar surface area (TPSA) is 89.5 Å². The van der Waals surface area contributed by atoms with Crippen LogP contribution in [0.5, 0.6) is 23.0 Å². The predicted octanol–water partition coefficient (Wildman–Crippen LogP) is 4.88. The normalized spacial score (nSPS) is 10.6. The molecule has 0 atom stereocenters. The minimum Gasteiger partial charge on any atom is -0.490 e. The maximum atomic E-state index is 11.3. The number of esters is 2. The molecule has 8 nitrogen and oxygen atoms in total. The highest BCUT2D eigenvalue weighted by molar-refractivity contribution is 5.87. The molecule has 0 saturated heterocycles. The summed E-state index contributed by atoms with van der Waals surface area (Å²) in [5, 5.41) is 0. The summed E-state index contributed by atoms with van der Waals surface area (Å²) in [7, 11) is 0. The van der Waals surface area contributed by atoms with Gasteiger partial charge in [-0.25, -0.2) is 9.59 Å². The summed E-state index contributed by atoms with van der Waals surface area (Å²) in [5.41, 5.74) is 0.693. The molecule has 2 aromatic rings. The van der Waals surface area contributed by atoms with E-state index in [9.17, 15) is 9.59 Å². The summed E-state index contributed by atoms with van der Waals surface area (Å²) in [6.07, 6.45) is 0. The number of hydrogen-bond acceptors (Lipinski definition) is 8. The fraction of sp³-hybridized carbons (Fsp3) is 0.333. The molecule has 0 amide bonds. The Balaban J connectivity index is 1.77. The first-order valence-corrected chi connectivity index (χ1v) is 11.0. The lowest BCUT2D eigenvalue weighted by molar-refractivity contribution is -0.140. The fourth-order valence-corrected chi connectivity index (χ4v) is 2.63. The summed E-state index contributed by atoms with van der Waals surface area (Å²) in [6.45, 7) is 14.6. The molecule has 0 spiro atoms. The van der Waals surface area contributed by atoms with Gasteiger partial charge in [-0.15, -0.1) is 0 Å². The first kappa shape index (κ1) is 27.3. The third-order valence-corrected chi connectivity index (χ3v) is 4.24. The van der Waals surface area contributed by atoms with Gasteiger partial charge in [0, 0.05) is 25.0 Å². The number of carbonyl (C=O) groups is 2. The summed E-state index contributed by atoms with van der Waals surface area (Å²) in [4.78, 5) is 22.7. The Hall–Kier alpha value is -3.94. The third-order valence-electron chi connectivity index (χ3n) is 4.24. The van der Waals surface area contributed by atoms with Gasteiger partial charge < -0.3 is 28.4 Å². The zero-order valence-corrected chi connectivity index (χ0v) is 20.6. The van der Waals surface area contributed by atoms with Crippen molar-refractivity contribution >= 4 is 11.9 Å². The van der Waals surface area contributed by atoms with Crippen molar-refractivity contribution in [1.29, 1.82) is 0 Å². The summed E-state index contributed by atoms with van der Waals surface area (Å²) < 4.78 is 33.0. The van der Waals surface area contributed by atoms with Crippen LogP contribution in [0.1, 0.15) is 27.7 Å². The van der Waals surface area contributed by atoms with Crippen LogP contribution in [-0.4, -0.2) is 44.2 Å². The molecule has 2 rings (SSSR count). The fourth-order valence-electron chi connectivity index (χ4n) is 2.63. The van der Waals surface area contributed by atoms with Gasteiger partial charge in [-0.3, -0.25) is 0 Å². The van der Waals surface area contributed by atoms with Gasteiger partial charge in [-0.2, -0.15) is 0 Å². The lowest BCUT2D eigenvalue weighted by Gasteiger charge is -2.27. The van der Waals surface area contributed by atoms with Gasteiger partial charge in [0.1, 0.15) is 49.4 Å². The number of benzene rings is 2. The van der Waals surface area contributed by atoms with Crippen molar-refractivity contribution < 1.29 is 38.0 Å². The standard InChI is InChI=1S/C27H32O8/c1-19(2)25(28)32-17-15-30-21-7-11-23(12-8-21)34-27(5,6)35-24-13-9-22(10-14-24)31-16-18-33-26(29)20(3)4/h7-14H,1,3,15-18H2,2,4-6H3. The van der Waals surface area contributed by atoms with Crippen LogP contribution in [0, 0.1) is 0 Å². The van der Waals surface area contributed by atoms with Gasteiger partial charge in [0.25, 0.3) is 0 Å². The molecule has 0 unspecified atom stereocenters. The van der Waals surface area contributed by atoms with Crippen molar-refractivity contribution in [2.24, 2.45) is 0 Å². The number of carbonyl (C=O) groups excluding carboxylic acids is 2. The van der Waals surface area contributed by atoms with Gasteiger partial charge in [0.05, 0.1) is 0 Å². The second kappa shape index (κ2) is 13.1. The smallest absolute Gasteiger partial charge is 0.333 e. The third kappa shape index (κ3) is 10.2. The van der Waals surface area contributed by atoms with Gasteiger partial charge >= 0.3 is 11.9 Å². The average Bonchev–Trinajstić information content (AvgIpc) is 2.80. The maximum absolute atomic E-state index is 11.3. The largest absolute Gasteiger partial charge is 0.490 e. The first-order chi connectivity index (χ1) is 16.6. The maximum Gasteiger partial charge on any atom is 0.333 e. The van der Waals surface area contributed by atoms with Crippen LogP contribution in [0.4, 0.5) is 0 Å². The SMILES string of the molecule is C=C(C)C(=O)OCCOc1ccc(OC(C)(C)Oc2ccc(OCCOC(=O)C(=C)C)cc2)cc1. The van der Waals surface area contributed by atoms with Crippen LogP contribution in [0.2, 0.25) is 0 Å². The Morgan fingerprint density at radius 1 is 0.629 bits per heavy atom. The van der Waals surface area contributed by atoms with Crippen LogP contribution in [0.15, 0.2) is 72.8 Å². The molecular weight excluding hydrogens is 452 g/mol. The van der Waals surface area contributed by atoms with E-state index in [2.05, 4.69) is 13.2 Å². The van der Waals surface area contributed by atoms with E-state index in [4.69, 9.17) is 28.4 Å². The van der Waals surface area contributed by atoms with E-state index < -0.39 is 17.7 Å². The van der Waals surface area contributed by atoms with Crippen LogP contribution < -0.4 is 18.9 Å². The Morgan fingerprint density at radius 2 is 0.943 bits per heavy atom. The minimum absolute atomic E-state index is 0.136. The zero-order valence-electron chi connectivity index (χ0n) is 20.6. The van der Waals surface area contributed by atoms with Crippen molar-refractivity contribution in [2.75, 3.05) is 26.4 Å². The van der Waals surface area contributed by atoms with E-state index in [1.54, 1.807) is 76.2 Å². The molecule has 8 heteroatoms. The molecule has 0 radical (unpaired) electrons. The van der Waals surface area contributed by atoms with Gasteiger partial charge in [0.2, 0.25) is 5.79 Å². The van der Waals surface area contributed by atoms with Crippen LogP contribution in [0.3, 0.4) is 0 Å². The monoisotopic (exact) mass is 484 g/mol. The van der Waals surface area contributed by atoms with Gasteiger partial charge in [-0.05, 0) is 62.4 Å². The zero-order chi connectivity index (χ0) is 25.8. The van der Waals surface area contributed by atoms with Gasteiger partial charge in [-0.1, -0.05) is 13.2 Å². The predicted molar refractivity (Wildman–Crippen MR) is 131 cm³/mol. The number of hydrogen-bond donors (Lipinski definition) is 0. The molecule has 0 saturated carbocycles. The Kier molecular flexibility index (Phi) is 10.2.